The predicted molar refractivity (Wildman–Crippen MR) is 88.2 cm³/mol. The molecule has 4 nitrogen and oxygen atoms in total. The average Bonchev–Trinajstić information content (AvgIpc) is 2.90. The van der Waals surface area contributed by atoms with Crippen molar-refractivity contribution in [1.29, 1.82) is 0 Å². The Hall–Kier alpha value is -0.430. The molecular formula is C15H26N2O2S2. The van der Waals surface area contributed by atoms with Crippen LogP contribution in [0.15, 0.2) is 16.3 Å². The molecule has 6 heteroatoms. The Bertz CT molecular complexity index is 568. The van der Waals surface area contributed by atoms with Crippen LogP contribution >= 0.6 is 11.3 Å². The molecule has 1 aromatic rings. The van der Waals surface area contributed by atoms with E-state index in [1.807, 2.05) is 20.0 Å². The van der Waals surface area contributed by atoms with E-state index in [2.05, 4.69) is 19.2 Å². The number of nitrogens with zero attached hydrogens (tertiary/aromatic N) is 1. The predicted octanol–water partition coefficient (Wildman–Crippen LogP) is 2.57. The third-order valence-electron chi connectivity index (χ3n) is 4.36. The zero-order valence-electron chi connectivity index (χ0n) is 13.3. The summed E-state index contributed by atoms with van der Waals surface area (Å²) in [5, 5.41) is 3.09. The van der Waals surface area contributed by atoms with Crippen molar-refractivity contribution in [3.63, 3.8) is 0 Å². The van der Waals surface area contributed by atoms with Gasteiger partial charge in [0.25, 0.3) is 10.0 Å². The molecule has 0 bridgehead atoms. The minimum absolute atomic E-state index is 0.0778. The monoisotopic (exact) mass is 330 g/mol. The topological polar surface area (TPSA) is 49.4 Å². The van der Waals surface area contributed by atoms with Crippen molar-refractivity contribution in [1.82, 2.24) is 9.62 Å². The third kappa shape index (κ3) is 3.67. The van der Waals surface area contributed by atoms with E-state index >= 15 is 0 Å². The molecule has 1 fully saturated rings. The molecule has 120 valence electrons. The Labute approximate surface area is 132 Å². The highest BCUT2D eigenvalue weighted by molar-refractivity contribution is 7.91. The fourth-order valence-electron chi connectivity index (χ4n) is 2.98. The van der Waals surface area contributed by atoms with Crippen molar-refractivity contribution in [3.05, 3.63) is 17.0 Å². The standard InChI is InChI=1S/C15H26N2O2S2/c1-11-9-12(2)13(3)17(10-11)21(18,19)15-6-5-14(20-15)7-8-16-4/h5-6,11-13,16H,7-10H2,1-4H3. The number of piperidine rings is 1. The van der Waals surface area contributed by atoms with Gasteiger partial charge in [-0.1, -0.05) is 13.8 Å². The van der Waals surface area contributed by atoms with Crippen LogP contribution in [0.3, 0.4) is 0 Å². The molecule has 1 N–H and O–H groups in total. The smallest absolute Gasteiger partial charge is 0.252 e. The molecule has 1 saturated heterocycles. The quantitative estimate of drug-likeness (QED) is 0.903. The van der Waals surface area contributed by atoms with Crippen LogP contribution in [-0.2, 0) is 16.4 Å². The first-order valence-electron chi connectivity index (χ1n) is 7.61. The second kappa shape index (κ2) is 6.77. The number of hydrogen-bond acceptors (Lipinski definition) is 4. The Morgan fingerprint density at radius 1 is 1.33 bits per heavy atom. The van der Waals surface area contributed by atoms with Crippen LogP contribution in [0.5, 0.6) is 0 Å². The number of thiophene rings is 1. The summed E-state index contributed by atoms with van der Waals surface area (Å²) in [6.07, 6.45) is 1.98. The second-order valence-corrected chi connectivity index (χ2v) is 9.49. The number of sulfonamides is 1. The van der Waals surface area contributed by atoms with E-state index in [1.165, 1.54) is 11.3 Å². The molecule has 0 saturated carbocycles. The van der Waals surface area contributed by atoms with E-state index in [1.54, 1.807) is 10.4 Å². The molecule has 2 rings (SSSR count). The maximum atomic E-state index is 12.9. The fraction of sp³-hybridized carbons (Fsp3) is 0.733. The first-order valence-corrected chi connectivity index (χ1v) is 9.87. The van der Waals surface area contributed by atoms with Crippen molar-refractivity contribution in [2.75, 3.05) is 20.1 Å². The summed E-state index contributed by atoms with van der Waals surface area (Å²) >= 11 is 1.41. The van der Waals surface area contributed by atoms with Gasteiger partial charge in [-0.05, 0) is 57.3 Å². The molecule has 0 radical (unpaired) electrons. The molecule has 3 unspecified atom stereocenters. The van der Waals surface area contributed by atoms with Gasteiger partial charge in [0.2, 0.25) is 0 Å². The minimum Gasteiger partial charge on any atom is -0.319 e. The lowest BCUT2D eigenvalue weighted by molar-refractivity contribution is 0.157. The minimum atomic E-state index is -3.35. The van der Waals surface area contributed by atoms with Gasteiger partial charge in [-0.2, -0.15) is 4.31 Å². The van der Waals surface area contributed by atoms with Crippen LogP contribution in [-0.4, -0.2) is 38.9 Å². The van der Waals surface area contributed by atoms with Gasteiger partial charge in [0, 0.05) is 17.5 Å². The summed E-state index contributed by atoms with van der Waals surface area (Å²) in [5.74, 6) is 0.835. The summed E-state index contributed by atoms with van der Waals surface area (Å²) in [4.78, 5) is 1.12. The average molecular weight is 331 g/mol. The molecule has 1 aromatic heterocycles. The summed E-state index contributed by atoms with van der Waals surface area (Å²) in [6, 6.07) is 3.78. The Morgan fingerprint density at radius 2 is 2.05 bits per heavy atom. The van der Waals surface area contributed by atoms with Crippen molar-refractivity contribution >= 4 is 21.4 Å². The molecule has 1 aliphatic rings. The highest BCUT2D eigenvalue weighted by Gasteiger charge is 2.37. The van der Waals surface area contributed by atoms with Crippen molar-refractivity contribution < 1.29 is 8.42 Å². The first-order chi connectivity index (χ1) is 9.86. The van der Waals surface area contributed by atoms with E-state index in [9.17, 15) is 8.42 Å². The first kappa shape index (κ1) is 16.9. The van der Waals surface area contributed by atoms with E-state index in [0.29, 0.717) is 22.6 Å². The molecule has 1 aliphatic heterocycles. The lowest BCUT2D eigenvalue weighted by Gasteiger charge is -2.39. The van der Waals surface area contributed by atoms with Gasteiger partial charge >= 0.3 is 0 Å². The SMILES string of the molecule is CNCCc1ccc(S(=O)(=O)N2CC(C)CC(C)C2C)s1. The zero-order valence-corrected chi connectivity index (χ0v) is 14.9. The van der Waals surface area contributed by atoms with Crippen molar-refractivity contribution in [3.8, 4) is 0 Å². The lowest BCUT2D eigenvalue weighted by atomic mass is 9.88. The molecule has 0 aromatic carbocycles. The molecule has 2 heterocycles. The molecule has 0 aliphatic carbocycles. The van der Waals surface area contributed by atoms with Gasteiger partial charge in [0.1, 0.15) is 4.21 Å². The summed E-state index contributed by atoms with van der Waals surface area (Å²) in [7, 11) is -1.44. The van der Waals surface area contributed by atoms with Gasteiger partial charge in [0.15, 0.2) is 0 Å². The Balaban J connectivity index is 2.22. The van der Waals surface area contributed by atoms with Gasteiger partial charge < -0.3 is 5.32 Å². The van der Waals surface area contributed by atoms with Crippen LogP contribution in [0.25, 0.3) is 0 Å². The van der Waals surface area contributed by atoms with Crippen LogP contribution in [0.1, 0.15) is 32.1 Å². The van der Waals surface area contributed by atoms with E-state index in [0.717, 1.165) is 24.3 Å². The number of nitrogens with one attached hydrogen (secondary N) is 1. The molecule has 3 atom stereocenters. The Kier molecular flexibility index (Phi) is 5.46. The van der Waals surface area contributed by atoms with Crippen LogP contribution < -0.4 is 5.32 Å². The Morgan fingerprint density at radius 3 is 2.71 bits per heavy atom. The lowest BCUT2D eigenvalue weighted by Crippen LogP contribution is -2.48. The van der Waals surface area contributed by atoms with Gasteiger partial charge in [-0.15, -0.1) is 11.3 Å². The molecule has 0 spiro atoms. The number of rotatable bonds is 5. The fourth-order valence-corrected chi connectivity index (χ4v) is 6.31. The van der Waals surface area contributed by atoms with Gasteiger partial charge in [-0.25, -0.2) is 8.42 Å². The highest BCUT2D eigenvalue weighted by atomic mass is 32.2. The zero-order chi connectivity index (χ0) is 15.6. The molecular weight excluding hydrogens is 304 g/mol. The van der Waals surface area contributed by atoms with Crippen molar-refractivity contribution in [2.45, 2.75) is 43.9 Å². The largest absolute Gasteiger partial charge is 0.319 e. The maximum Gasteiger partial charge on any atom is 0.252 e. The number of hydrogen-bond donors (Lipinski definition) is 1. The van der Waals surface area contributed by atoms with Crippen LogP contribution in [0, 0.1) is 11.8 Å². The second-order valence-electron chi connectivity index (χ2n) is 6.21. The summed E-state index contributed by atoms with van der Waals surface area (Å²) in [5.41, 5.74) is 0. The van der Waals surface area contributed by atoms with E-state index < -0.39 is 10.0 Å². The van der Waals surface area contributed by atoms with Gasteiger partial charge in [0.05, 0.1) is 0 Å². The van der Waals surface area contributed by atoms with Crippen LogP contribution in [0.4, 0.5) is 0 Å². The van der Waals surface area contributed by atoms with E-state index in [4.69, 9.17) is 0 Å². The highest BCUT2D eigenvalue weighted by Crippen LogP contribution is 2.33. The molecule has 21 heavy (non-hydrogen) atoms. The van der Waals surface area contributed by atoms with Crippen LogP contribution in [0.2, 0.25) is 0 Å². The van der Waals surface area contributed by atoms with Crippen molar-refractivity contribution in [2.24, 2.45) is 11.8 Å². The van der Waals surface area contributed by atoms with E-state index in [-0.39, 0.29) is 6.04 Å². The molecule has 0 amide bonds. The normalized spacial score (nSPS) is 27.9. The summed E-state index contributed by atoms with van der Waals surface area (Å²) in [6.45, 7) is 7.82. The third-order valence-corrected chi connectivity index (χ3v) is 7.93. The summed E-state index contributed by atoms with van der Waals surface area (Å²) < 4.78 is 28.0. The maximum absolute atomic E-state index is 12.9. The van der Waals surface area contributed by atoms with Gasteiger partial charge in [-0.3, -0.25) is 0 Å². The number of likely N-dealkylation sites (N-methyl/N-ethyl adjacent to an activating group) is 1.